The number of carboxylic acid groups (broad SMARTS) is 1. The molecular weight excluding hydrogens is 286 g/mol. The summed E-state index contributed by atoms with van der Waals surface area (Å²) in [5, 5.41) is 9.60. The molecule has 1 N–H and O–H groups in total. The van der Waals surface area contributed by atoms with Crippen LogP contribution in [0.15, 0.2) is 29.2 Å². The predicted octanol–water partition coefficient (Wildman–Crippen LogP) is 2.74. The second-order valence-corrected chi connectivity index (χ2v) is 6.78. The number of hydrogen-bond donors (Lipinski definition) is 1. The molecule has 0 radical (unpaired) electrons. The van der Waals surface area contributed by atoms with E-state index >= 15 is 0 Å². The topological polar surface area (TPSA) is 57.6 Å². The molecule has 1 aromatic carbocycles. The molecule has 2 atom stereocenters. The summed E-state index contributed by atoms with van der Waals surface area (Å²) in [4.78, 5) is 27.1. The largest absolute Gasteiger partial charge is 0.481 e. The van der Waals surface area contributed by atoms with Crippen LogP contribution in [0.5, 0.6) is 0 Å². The van der Waals surface area contributed by atoms with E-state index in [1.165, 1.54) is 0 Å². The fourth-order valence-electron chi connectivity index (χ4n) is 3.79. The zero-order valence-corrected chi connectivity index (χ0v) is 12.9. The lowest BCUT2D eigenvalue weighted by molar-refractivity contribution is -0.149. The Hall–Kier alpha value is -1.49. The molecule has 1 saturated heterocycles. The number of amides is 1. The molecule has 5 heteroatoms. The minimum absolute atomic E-state index is 0.0324. The lowest BCUT2D eigenvalue weighted by atomic mass is 9.81. The fraction of sp³-hybridized carbons (Fsp3) is 0.500. The number of carbonyl (C=O) groups excluding carboxylic acids is 1. The van der Waals surface area contributed by atoms with Gasteiger partial charge in [-0.15, -0.1) is 11.8 Å². The van der Waals surface area contributed by atoms with E-state index < -0.39 is 11.4 Å². The summed E-state index contributed by atoms with van der Waals surface area (Å²) in [6.45, 7) is 0.933. The molecule has 1 amide bonds. The van der Waals surface area contributed by atoms with Crippen LogP contribution in [0, 0.1) is 11.3 Å². The molecular formula is C16H19NO3S. The number of hydrogen-bond acceptors (Lipinski definition) is 3. The average Bonchev–Trinajstić information content (AvgIpc) is 3.04. The van der Waals surface area contributed by atoms with Gasteiger partial charge in [-0.25, -0.2) is 0 Å². The highest BCUT2D eigenvalue weighted by atomic mass is 32.2. The maximum Gasteiger partial charge on any atom is 0.311 e. The average molecular weight is 305 g/mol. The highest BCUT2D eigenvalue weighted by Crippen LogP contribution is 2.49. The van der Waals surface area contributed by atoms with Crippen molar-refractivity contribution in [3.05, 3.63) is 29.8 Å². The monoisotopic (exact) mass is 305 g/mol. The van der Waals surface area contributed by atoms with Gasteiger partial charge in [-0.2, -0.15) is 0 Å². The molecule has 3 rings (SSSR count). The normalized spacial score (nSPS) is 27.7. The first kappa shape index (κ1) is 14.4. The highest BCUT2D eigenvalue weighted by Gasteiger charge is 2.55. The Kier molecular flexibility index (Phi) is 3.69. The summed E-state index contributed by atoms with van der Waals surface area (Å²) < 4.78 is 0. The standard InChI is InChI=1S/C16H19NO3S/c1-21-13-7-3-2-6-12(13)14(18)17-9-11-5-4-8-16(11,10-17)15(19)20/h2-3,6-7,11H,4-5,8-10H2,1H3,(H,19,20)/t11-,16+/m0/s1. The molecule has 1 aromatic rings. The van der Waals surface area contributed by atoms with Gasteiger partial charge in [0.2, 0.25) is 0 Å². The summed E-state index contributed by atoms with van der Waals surface area (Å²) in [6.07, 6.45) is 4.52. The third kappa shape index (κ3) is 2.24. The van der Waals surface area contributed by atoms with Crippen molar-refractivity contribution >= 4 is 23.6 Å². The number of likely N-dealkylation sites (tertiary alicyclic amines) is 1. The predicted molar refractivity (Wildman–Crippen MR) is 81.5 cm³/mol. The summed E-state index contributed by atoms with van der Waals surface area (Å²) in [5.74, 6) is -0.659. The zero-order chi connectivity index (χ0) is 15.0. The number of thioether (sulfide) groups is 1. The fourth-order valence-corrected chi connectivity index (χ4v) is 4.38. The molecule has 1 aliphatic heterocycles. The number of rotatable bonds is 3. The van der Waals surface area contributed by atoms with Gasteiger partial charge in [-0.3, -0.25) is 9.59 Å². The SMILES string of the molecule is CSc1ccccc1C(=O)N1C[C@@H]2CCC[C@@]2(C(=O)O)C1. The van der Waals surface area contributed by atoms with Gasteiger partial charge in [0.05, 0.1) is 11.0 Å². The van der Waals surface area contributed by atoms with E-state index in [4.69, 9.17) is 0 Å². The van der Waals surface area contributed by atoms with Crippen LogP contribution in [0.1, 0.15) is 29.6 Å². The maximum absolute atomic E-state index is 12.7. The smallest absolute Gasteiger partial charge is 0.311 e. The van der Waals surface area contributed by atoms with Crippen molar-refractivity contribution in [3.63, 3.8) is 0 Å². The van der Waals surface area contributed by atoms with E-state index in [1.807, 2.05) is 30.5 Å². The lowest BCUT2D eigenvalue weighted by Gasteiger charge is -2.23. The number of nitrogens with zero attached hydrogens (tertiary/aromatic N) is 1. The van der Waals surface area contributed by atoms with Crippen molar-refractivity contribution in [3.8, 4) is 0 Å². The van der Waals surface area contributed by atoms with Crippen molar-refractivity contribution in [2.75, 3.05) is 19.3 Å². The van der Waals surface area contributed by atoms with Crippen molar-refractivity contribution in [2.45, 2.75) is 24.2 Å². The third-order valence-electron chi connectivity index (χ3n) is 4.92. The Morgan fingerprint density at radius 3 is 2.81 bits per heavy atom. The van der Waals surface area contributed by atoms with Crippen molar-refractivity contribution in [2.24, 2.45) is 11.3 Å². The molecule has 2 aliphatic rings. The Bertz CT molecular complexity index is 589. The van der Waals surface area contributed by atoms with E-state index in [-0.39, 0.29) is 11.8 Å². The third-order valence-corrected chi connectivity index (χ3v) is 5.72. The van der Waals surface area contributed by atoms with Crippen molar-refractivity contribution in [1.82, 2.24) is 4.90 Å². The number of benzene rings is 1. The van der Waals surface area contributed by atoms with E-state index in [0.717, 1.165) is 17.7 Å². The first-order valence-corrected chi connectivity index (χ1v) is 8.46. The molecule has 112 valence electrons. The van der Waals surface area contributed by atoms with E-state index in [2.05, 4.69) is 0 Å². The summed E-state index contributed by atoms with van der Waals surface area (Å²) in [5.41, 5.74) is -0.0187. The molecule has 0 bridgehead atoms. The Balaban J connectivity index is 1.86. The number of aliphatic carboxylic acids is 1. The number of fused-ring (bicyclic) bond motifs is 1. The minimum atomic E-state index is -0.738. The molecule has 0 unspecified atom stereocenters. The zero-order valence-electron chi connectivity index (χ0n) is 12.0. The summed E-state index contributed by atoms with van der Waals surface area (Å²) in [7, 11) is 0. The minimum Gasteiger partial charge on any atom is -0.481 e. The van der Waals surface area contributed by atoms with Gasteiger partial charge in [-0.05, 0) is 37.1 Å². The van der Waals surface area contributed by atoms with Crippen LogP contribution in [0.4, 0.5) is 0 Å². The van der Waals surface area contributed by atoms with E-state index in [1.54, 1.807) is 16.7 Å². The second kappa shape index (κ2) is 5.37. The van der Waals surface area contributed by atoms with Crippen LogP contribution in [0.3, 0.4) is 0 Å². The molecule has 2 fully saturated rings. The molecule has 21 heavy (non-hydrogen) atoms. The number of carboxylic acids is 1. The van der Waals surface area contributed by atoms with Crippen LogP contribution in [-0.2, 0) is 4.79 Å². The molecule has 1 aliphatic carbocycles. The molecule has 1 saturated carbocycles. The van der Waals surface area contributed by atoms with Crippen LogP contribution in [0.25, 0.3) is 0 Å². The van der Waals surface area contributed by atoms with Gasteiger partial charge in [0.1, 0.15) is 0 Å². The summed E-state index contributed by atoms with van der Waals surface area (Å²) in [6, 6.07) is 7.54. The quantitative estimate of drug-likeness (QED) is 0.872. The van der Waals surface area contributed by atoms with E-state index in [0.29, 0.717) is 25.1 Å². The van der Waals surface area contributed by atoms with Gasteiger partial charge in [0.25, 0.3) is 5.91 Å². The van der Waals surface area contributed by atoms with Gasteiger partial charge in [0.15, 0.2) is 0 Å². The van der Waals surface area contributed by atoms with Gasteiger partial charge in [-0.1, -0.05) is 18.6 Å². The Morgan fingerprint density at radius 1 is 1.38 bits per heavy atom. The Labute approximate surface area is 128 Å². The van der Waals surface area contributed by atoms with Gasteiger partial charge >= 0.3 is 5.97 Å². The highest BCUT2D eigenvalue weighted by molar-refractivity contribution is 7.98. The Morgan fingerprint density at radius 2 is 2.14 bits per heavy atom. The molecule has 1 heterocycles. The second-order valence-electron chi connectivity index (χ2n) is 5.94. The van der Waals surface area contributed by atoms with Crippen molar-refractivity contribution < 1.29 is 14.7 Å². The maximum atomic E-state index is 12.7. The van der Waals surface area contributed by atoms with Crippen LogP contribution >= 0.6 is 11.8 Å². The first-order chi connectivity index (χ1) is 10.1. The van der Waals surface area contributed by atoms with Gasteiger partial charge in [0, 0.05) is 18.0 Å². The lowest BCUT2D eigenvalue weighted by Crippen LogP contribution is -2.37. The van der Waals surface area contributed by atoms with Crippen LogP contribution in [0.2, 0.25) is 0 Å². The summed E-state index contributed by atoms with van der Waals surface area (Å²) >= 11 is 1.55. The van der Waals surface area contributed by atoms with Crippen LogP contribution < -0.4 is 0 Å². The number of carbonyl (C=O) groups is 2. The van der Waals surface area contributed by atoms with Crippen molar-refractivity contribution in [1.29, 1.82) is 0 Å². The molecule has 0 spiro atoms. The van der Waals surface area contributed by atoms with E-state index in [9.17, 15) is 14.7 Å². The molecule has 0 aromatic heterocycles. The van der Waals surface area contributed by atoms with Crippen LogP contribution in [-0.4, -0.2) is 41.2 Å². The van der Waals surface area contributed by atoms with Gasteiger partial charge < -0.3 is 10.0 Å². The molecule has 4 nitrogen and oxygen atoms in total. The first-order valence-electron chi connectivity index (χ1n) is 7.24.